The molecule has 4 heteroatoms. The first-order chi connectivity index (χ1) is 6.83. The van der Waals surface area contributed by atoms with E-state index in [0.29, 0.717) is 0 Å². The maximum absolute atomic E-state index is 5.62. The van der Waals surface area contributed by atoms with E-state index in [-0.39, 0.29) is 0 Å². The molecule has 0 spiro atoms. The summed E-state index contributed by atoms with van der Waals surface area (Å²) in [6, 6.07) is 8.36. The number of anilines is 1. The van der Waals surface area contributed by atoms with Crippen molar-refractivity contribution in [2.45, 2.75) is 6.42 Å². The van der Waals surface area contributed by atoms with Crippen molar-refractivity contribution in [2.24, 2.45) is 0 Å². The zero-order valence-corrected chi connectivity index (χ0v) is 9.33. The number of hydrogen-bond acceptors (Lipinski definition) is 3. The van der Waals surface area contributed by atoms with Gasteiger partial charge in [-0.3, -0.25) is 0 Å². The number of fused-ring (bicyclic) bond motifs is 1. The Labute approximate surface area is 85.6 Å². The van der Waals surface area contributed by atoms with Crippen molar-refractivity contribution in [1.29, 1.82) is 0 Å². The van der Waals surface area contributed by atoms with E-state index in [1.54, 1.807) is 7.11 Å². The van der Waals surface area contributed by atoms with Crippen molar-refractivity contribution in [3.05, 3.63) is 29.8 Å². The van der Waals surface area contributed by atoms with Crippen LogP contribution in [0.1, 0.15) is 5.56 Å². The molecule has 0 aliphatic carbocycles. The van der Waals surface area contributed by atoms with E-state index in [9.17, 15) is 0 Å². The van der Waals surface area contributed by atoms with Crippen LogP contribution in [0.4, 0.5) is 5.69 Å². The van der Waals surface area contributed by atoms with Gasteiger partial charge in [-0.1, -0.05) is 18.2 Å². The van der Waals surface area contributed by atoms with Gasteiger partial charge in [-0.15, -0.1) is 0 Å². The van der Waals surface area contributed by atoms with E-state index in [0.717, 1.165) is 13.0 Å². The molecule has 1 aromatic rings. The molecule has 1 unspecified atom stereocenters. The highest BCUT2D eigenvalue weighted by Gasteiger charge is 2.22. The van der Waals surface area contributed by atoms with Gasteiger partial charge >= 0.3 is 0 Å². The number of para-hydroxylation sites is 1. The van der Waals surface area contributed by atoms with Crippen molar-refractivity contribution in [2.75, 3.05) is 25.4 Å². The van der Waals surface area contributed by atoms with Crippen molar-refractivity contribution in [3.8, 4) is 0 Å². The number of benzene rings is 1. The molecular weight excluding hydrogens is 197 g/mol. The molecule has 2 rings (SSSR count). The quantitative estimate of drug-likeness (QED) is 0.666. The van der Waals surface area contributed by atoms with Gasteiger partial charge in [-0.05, 0) is 18.1 Å². The highest BCUT2D eigenvalue weighted by molar-refractivity contribution is 7.49. The third-order valence-electron chi connectivity index (χ3n) is 2.31. The summed E-state index contributed by atoms with van der Waals surface area (Å²) in [4.78, 5) is 0. The van der Waals surface area contributed by atoms with E-state index >= 15 is 0 Å². The fourth-order valence-corrected chi connectivity index (χ4v) is 2.76. The van der Waals surface area contributed by atoms with Crippen LogP contribution in [0.25, 0.3) is 0 Å². The molecule has 0 N–H and O–H groups in total. The van der Waals surface area contributed by atoms with Gasteiger partial charge in [-0.25, -0.2) is 0 Å². The first kappa shape index (κ1) is 9.91. The summed E-state index contributed by atoms with van der Waals surface area (Å²) in [6.45, 7) is 0.737. The summed E-state index contributed by atoms with van der Waals surface area (Å²) in [7, 11) is 2.79. The van der Waals surface area contributed by atoms with Crippen LogP contribution in [-0.2, 0) is 15.5 Å². The normalized spacial score (nSPS) is 21.6. The molecule has 3 nitrogen and oxygen atoms in total. The van der Waals surface area contributed by atoms with Crippen molar-refractivity contribution in [1.82, 2.24) is 0 Å². The van der Waals surface area contributed by atoms with Crippen molar-refractivity contribution >= 4 is 14.2 Å². The number of nitrogens with zero attached hydrogens (tertiary/aromatic N) is 1. The van der Waals surface area contributed by atoms with Crippen LogP contribution in [0.5, 0.6) is 0 Å². The van der Waals surface area contributed by atoms with Crippen LogP contribution < -0.4 is 4.67 Å². The molecule has 1 heterocycles. The minimum absolute atomic E-state index is 0.737. The first-order valence-corrected chi connectivity index (χ1v) is 5.74. The summed E-state index contributed by atoms with van der Waals surface area (Å²) in [6.07, 6.45) is 0.961. The molecule has 0 aromatic heterocycles. The highest BCUT2D eigenvalue weighted by Crippen LogP contribution is 2.46. The summed E-state index contributed by atoms with van der Waals surface area (Å²) < 4.78 is 13.0. The Kier molecular flexibility index (Phi) is 3.02. The summed E-state index contributed by atoms with van der Waals surface area (Å²) >= 11 is 0. The summed E-state index contributed by atoms with van der Waals surface area (Å²) in [5.74, 6) is 0. The first-order valence-electron chi connectivity index (χ1n) is 4.61. The average molecular weight is 211 g/mol. The maximum atomic E-state index is 5.62. The van der Waals surface area contributed by atoms with Gasteiger partial charge in [0.25, 0.3) is 8.53 Å². The lowest BCUT2D eigenvalue weighted by atomic mass is 10.1. The SMILES string of the molecule is COP1OCCc2ccccc2N1C. The molecule has 0 fully saturated rings. The minimum Gasteiger partial charge on any atom is -0.321 e. The van der Waals surface area contributed by atoms with Crippen LogP contribution in [0.2, 0.25) is 0 Å². The summed E-state index contributed by atoms with van der Waals surface area (Å²) in [5, 5.41) is 0. The van der Waals surface area contributed by atoms with Gasteiger partial charge in [0.15, 0.2) is 0 Å². The second kappa shape index (κ2) is 4.26. The number of hydrogen-bond donors (Lipinski definition) is 0. The van der Waals surface area contributed by atoms with E-state index in [1.165, 1.54) is 11.3 Å². The largest absolute Gasteiger partial charge is 0.321 e. The molecule has 1 atom stereocenters. The molecule has 0 radical (unpaired) electrons. The fourth-order valence-electron chi connectivity index (χ4n) is 1.62. The lowest BCUT2D eigenvalue weighted by molar-refractivity contribution is 0.289. The van der Waals surface area contributed by atoms with E-state index < -0.39 is 8.53 Å². The van der Waals surface area contributed by atoms with Gasteiger partial charge in [0.05, 0.1) is 6.61 Å². The van der Waals surface area contributed by atoms with Crippen molar-refractivity contribution < 1.29 is 9.05 Å². The molecule has 76 valence electrons. The zero-order chi connectivity index (χ0) is 9.97. The van der Waals surface area contributed by atoms with Gasteiger partial charge < -0.3 is 13.7 Å². The van der Waals surface area contributed by atoms with Crippen LogP contribution in [-0.4, -0.2) is 20.8 Å². The van der Waals surface area contributed by atoms with E-state index in [4.69, 9.17) is 9.05 Å². The fraction of sp³-hybridized carbons (Fsp3) is 0.400. The van der Waals surface area contributed by atoms with Crippen LogP contribution in [0.15, 0.2) is 24.3 Å². The molecule has 1 aliphatic rings. The van der Waals surface area contributed by atoms with Gasteiger partial charge in [0.2, 0.25) is 0 Å². The lowest BCUT2D eigenvalue weighted by Crippen LogP contribution is -2.11. The van der Waals surface area contributed by atoms with Crippen molar-refractivity contribution in [3.63, 3.8) is 0 Å². The van der Waals surface area contributed by atoms with Gasteiger partial charge in [0.1, 0.15) is 0 Å². The maximum Gasteiger partial charge on any atom is 0.289 e. The molecule has 1 aliphatic heterocycles. The Morgan fingerprint density at radius 3 is 3.00 bits per heavy atom. The Morgan fingerprint density at radius 1 is 1.43 bits per heavy atom. The Balaban J connectivity index is 2.34. The predicted molar refractivity (Wildman–Crippen MR) is 58.4 cm³/mol. The van der Waals surface area contributed by atoms with Crippen LogP contribution >= 0.6 is 8.53 Å². The molecule has 0 saturated carbocycles. The second-order valence-electron chi connectivity index (χ2n) is 3.16. The standard InChI is InChI=1S/C10H14NO2P/c1-11-10-6-4-3-5-9(10)7-8-13-14(11)12-2/h3-6H,7-8H2,1-2H3. The minimum atomic E-state index is -0.911. The Morgan fingerprint density at radius 2 is 2.21 bits per heavy atom. The summed E-state index contributed by atoms with van der Waals surface area (Å²) in [5.41, 5.74) is 2.55. The van der Waals surface area contributed by atoms with Crippen LogP contribution in [0.3, 0.4) is 0 Å². The van der Waals surface area contributed by atoms with Gasteiger partial charge in [0, 0.05) is 19.8 Å². The number of rotatable bonds is 1. The van der Waals surface area contributed by atoms with E-state index in [1.807, 2.05) is 13.1 Å². The predicted octanol–water partition coefficient (Wildman–Crippen LogP) is 2.57. The Hall–Kier alpha value is -0.630. The molecule has 0 bridgehead atoms. The van der Waals surface area contributed by atoms with Gasteiger partial charge in [-0.2, -0.15) is 0 Å². The topological polar surface area (TPSA) is 21.7 Å². The second-order valence-corrected chi connectivity index (χ2v) is 4.85. The van der Waals surface area contributed by atoms with E-state index in [2.05, 4.69) is 22.9 Å². The smallest absolute Gasteiger partial charge is 0.289 e. The monoisotopic (exact) mass is 211 g/mol. The molecule has 14 heavy (non-hydrogen) atoms. The molecular formula is C10H14NO2P. The third kappa shape index (κ3) is 1.76. The average Bonchev–Trinajstić information content (AvgIpc) is 2.39. The zero-order valence-electron chi connectivity index (χ0n) is 8.43. The van der Waals surface area contributed by atoms with Crippen LogP contribution in [0, 0.1) is 0 Å². The molecule has 1 aromatic carbocycles. The molecule has 0 saturated heterocycles. The molecule has 0 amide bonds. The third-order valence-corrected chi connectivity index (χ3v) is 3.74. The lowest BCUT2D eigenvalue weighted by Gasteiger charge is -2.24. The highest BCUT2D eigenvalue weighted by atomic mass is 31.2. The Bertz CT molecular complexity index is 319.